The van der Waals surface area contributed by atoms with Crippen molar-refractivity contribution in [1.29, 1.82) is 0 Å². The largest absolute Gasteiger partial charge is 0.462 e. The van der Waals surface area contributed by atoms with E-state index < -0.39 is 21.9 Å². The molecule has 0 saturated carbocycles. The van der Waals surface area contributed by atoms with Gasteiger partial charge < -0.3 is 10.1 Å². The lowest BCUT2D eigenvalue weighted by Crippen LogP contribution is -2.35. The van der Waals surface area contributed by atoms with Gasteiger partial charge in [-0.2, -0.15) is 4.31 Å². The van der Waals surface area contributed by atoms with Gasteiger partial charge >= 0.3 is 5.97 Å². The number of anilines is 1. The van der Waals surface area contributed by atoms with Crippen LogP contribution in [0.5, 0.6) is 0 Å². The second kappa shape index (κ2) is 10.8. The predicted octanol–water partition coefficient (Wildman–Crippen LogP) is 4.12. The lowest BCUT2D eigenvalue weighted by molar-refractivity contribution is 0.0526. The minimum Gasteiger partial charge on any atom is -0.462 e. The summed E-state index contributed by atoms with van der Waals surface area (Å²) in [5, 5.41) is 3.37. The number of nitrogens with zero attached hydrogens (tertiary/aromatic N) is 2. The minimum absolute atomic E-state index is 0.184. The topological polar surface area (TPSA) is 96.0 Å². The molecule has 1 aromatic carbocycles. The first-order valence-corrected chi connectivity index (χ1v) is 14.4. The quantitative estimate of drug-likeness (QED) is 0.553. The molecular weight excluding hydrogens is 486 g/mol. The molecule has 1 saturated heterocycles. The summed E-state index contributed by atoms with van der Waals surface area (Å²) in [6.07, 6.45) is 3.49. The smallest absolute Gasteiger partial charge is 0.341 e. The third-order valence-electron chi connectivity index (χ3n) is 6.59. The summed E-state index contributed by atoms with van der Waals surface area (Å²) in [6, 6.07) is 6.37. The van der Waals surface area contributed by atoms with Gasteiger partial charge in [-0.15, -0.1) is 11.3 Å². The normalized spacial score (nSPS) is 17.3. The summed E-state index contributed by atoms with van der Waals surface area (Å²) in [5.41, 5.74) is 1.71. The number of esters is 1. The lowest BCUT2D eigenvalue weighted by Gasteiger charge is -2.30. The fourth-order valence-electron chi connectivity index (χ4n) is 4.58. The van der Waals surface area contributed by atoms with Crippen molar-refractivity contribution in [2.45, 2.75) is 63.9 Å². The summed E-state index contributed by atoms with van der Waals surface area (Å²) in [5.74, 6) is -0.821. The number of ether oxygens (including phenoxy) is 1. The molecule has 4 rings (SSSR count). The lowest BCUT2D eigenvalue weighted by atomic mass is 10.0. The van der Waals surface area contributed by atoms with Gasteiger partial charge in [0, 0.05) is 42.7 Å². The molecule has 0 unspecified atom stereocenters. The first-order valence-electron chi connectivity index (χ1n) is 12.2. The van der Waals surface area contributed by atoms with Gasteiger partial charge in [0.25, 0.3) is 5.91 Å². The maximum atomic E-state index is 13.1. The van der Waals surface area contributed by atoms with Crippen molar-refractivity contribution < 1.29 is 22.7 Å². The van der Waals surface area contributed by atoms with Crippen LogP contribution in [0.2, 0.25) is 0 Å². The second-order valence-corrected chi connectivity index (χ2v) is 12.2. The van der Waals surface area contributed by atoms with Crippen molar-refractivity contribution in [1.82, 2.24) is 9.21 Å². The highest BCUT2D eigenvalue weighted by atomic mass is 32.2. The number of nitrogens with one attached hydrogen (secondary N) is 1. The van der Waals surface area contributed by atoms with E-state index >= 15 is 0 Å². The molecule has 0 radical (unpaired) electrons. The van der Waals surface area contributed by atoms with E-state index in [0.717, 1.165) is 49.2 Å². The zero-order chi connectivity index (χ0) is 25.2. The SMILES string of the molecule is CCOC(=O)c1c(NC(=O)c2ccc(S(=O)(=O)N3CCCCC3)cc2)sc2c1CCN(C(C)C)C2. The van der Waals surface area contributed by atoms with Gasteiger partial charge in [-0.3, -0.25) is 9.69 Å². The Balaban J connectivity index is 1.56. The Morgan fingerprint density at radius 1 is 1.09 bits per heavy atom. The Labute approximate surface area is 211 Å². The number of piperidine rings is 1. The van der Waals surface area contributed by atoms with E-state index in [4.69, 9.17) is 4.74 Å². The summed E-state index contributed by atoms with van der Waals surface area (Å²) in [6.45, 7) is 8.91. The molecule has 1 N–H and O–H groups in total. The van der Waals surface area contributed by atoms with Crippen molar-refractivity contribution >= 4 is 38.2 Å². The third-order valence-corrected chi connectivity index (χ3v) is 9.64. The molecule has 0 spiro atoms. The maximum Gasteiger partial charge on any atom is 0.341 e. The standard InChI is InChI=1S/C25H33N3O5S2/c1-4-33-25(30)22-20-12-15-27(17(2)3)16-21(20)34-24(22)26-23(29)18-8-10-19(11-9-18)35(31,32)28-13-6-5-7-14-28/h8-11,17H,4-7,12-16H2,1-3H3,(H,26,29). The van der Waals surface area contributed by atoms with Gasteiger partial charge in [0.05, 0.1) is 17.1 Å². The fraction of sp³-hybridized carbons (Fsp3) is 0.520. The van der Waals surface area contributed by atoms with Crippen LogP contribution in [0.1, 0.15) is 71.2 Å². The van der Waals surface area contributed by atoms with Gasteiger partial charge in [-0.1, -0.05) is 6.42 Å². The third kappa shape index (κ3) is 5.45. The first kappa shape index (κ1) is 25.8. The van der Waals surface area contributed by atoms with Gasteiger partial charge in [0.15, 0.2) is 0 Å². The van der Waals surface area contributed by atoms with Gasteiger partial charge in [-0.25, -0.2) is 13.2 Å². The second-order valence-electron chi connectivity index (χ2n) is 9.19. The molecule has 10 heteroatoms. The number of carbonyl (C=O) groups excluding carboxylic acids is 2. The molecule has 190 valence electrons. The van der Waals surface area contributed by atoms with Gasteiger partial charge in [-0.05, 0) is 69.9 Å². The predicted molar refractivity (Wildman–Crippen MR) is 137 cm³/mol. The van der Waals surface area contributed by atoms with E-state index in [0.29, 0.717) is 35.3 Å². The highest BCUT2D eigenvalue weighted by Crippen LogP contribution is 2.38. The summed E-state index contributed by atoms with van der Waals surface area (Å²) < 4.78 is 32.6. The molecule has 2 aliphatic rings. The monoisotopic (exact) mass is 519 g/mol. The van der Waals surface area contributed by atoms with Crippen LogP contribution >= 0.6 is 11.3 Å². The zero-order valence-corrected chi connectivity index (χ0v) is 22.1. The minimum atomic E-state index is -3.56. The van der Waals surface area contributed by atoms with Crippen LogP contribution in [-0.4, -0.2) is 61.8 Å². The number of benzene rings is 1. The molecular formula is C25H33N3O5S2. The van der Waals surface area contributed by atoms with Crippen molar-refractivity contribution in [3.8, 4) is 0 Å². The van der Waals surface area contributed by atoms with Crippen molar-refractivity contribution in [3.63, 3.8) is 0 Å². The molecule has 35 heavy (non-hydrogen) atoms. The summed E-state index contributed by atoms with van der Waals surface area (Å²) in [4.78, 5) is 29.4. The fourth-order valence-corrected chi connectivity index (χ4v) is 7.35. The number of carbonyl (C=O) groups is 2. The Bertz CT molecular complexity index is 1180. The number of rotatable bonds is 7. The molecule has 1 aromatic heterocycles. The molecule has 3 heterocycles. The van der Waals surface area contributed by atoms with Crippen LogP contribution in [0, 0.1) is 0 Å². The van der Waals surface area contributed by atoms with Crippen LogP contribution in [-0.2, 0) is 27.7 Å². The number of hydrogen-bond donors (Lipinski definition) is 1. The van der Waals surface area contributed by atoms with Crippen molar-refractivity contribution in [2.24, 2.45) is 0 Å². The molecule has 1 amide bonds. The van der Waals surface area contributed by atoms with Crippen LogP contribution < -0.4 is 5.32 Å². The Morgan fingerprint density at radius 3 is 2.40 bits per heavy atom. The van der Waals surface area contributed by atoms with E-state index in [1.165, 1.54) is 39.9 Å². The molecule has 2 aromatic rings. The van der Waals surface area contributed by atoms with E-state index in [9.17, 15) is 18.0 Å². The number of sulfonamides is 1. The molecule has 0 aliphatic carbocycles. The average Bonchev–Trinajstić information content (AvgIpc) is 3.21. The summed E-state index contributed by atoms with van der Waals surface area (Å²) >= 11 is 1.41. The first-order chi connectivity index (χ1) is 16.7. The molecule has 0 atom stereocenters. The Hall–Kier alpha value is -2.27. The van der Waals surface area contributed by atoms with Crippen LogP contribution in [0.3, 0.4) is 0 Å². The average molecular weight is 520 g/mol. The highest BCUT2D eigenvalue weighted by molar-refractivity contribution is 7.89. The number of fused-ring (bicyclic) bond motifs is 1. The number of thiophene rings is 1. The van der Waals surface area contributed by atoms with Crippen LogP contribution in [0.4, 0.5) is 5.00 Å². The van der Waals surface area contributed by atoms with Crippen LogP contribution in [0.25, 0.3) is 0 Å². The highest BCUT2D eigenvalue weighted by Gasteiger charge is 2.31. The van der Waals surface area contributed by atoms with Crippen LogP contribution in [0.15, 0.2) is 29.2 Å². The van der Waals surface area contributed by atoms with Crippen molar-refractivity contribution in [3.05, 3.63) is 45.8 Å². The van der Waals surface area contributed by atoms with Gasteiger partial charge in [0.2, 0.25) is 10.0 Å². The Kier molecular flexibility index (Phi) is 7.95. The zero-order valence-electron chi connectivity index (χ0n) is 20.5. The van der Waals surface area contributed by atoms with E-state index in [1.54, 1.807) is 6.92 Å². The maximum absolute atomic E-state index is 13.1. The Morgan fingerprint density at radius 2 is 1.77 bits per heavy atom. The molecule has 1 fully saturated rings. The number of amides is 1. The van der Waals surface area contributed by atoms with E-state index in [-0.39, 0.29) is 11.5 Å². The molecule has 8 nitrogen and oxygen atoms in total. The number of hydrogen-bond acceptors (Lipinski definition) is 7. The van der Waals surface area contributed by atoms with Crippen molar-refractivity contribution in [2.75, 3.05) is 31.6 Å². The van der Waals surface area contributed by atoms with E-state index in [1.807, 2.05) is 0 Å². The van der Waals surface area contributed by atoms with E-state index in [2.05, 4.69) is 24.1 Å². The molecule has 0 bridgehead atoms. The van der Waals surface area contributed by atoms with Gasteiger partial charge in [0.1, 0.15) is 5.00 Å². The summed E-state index contributed by atoms with van der Waals surface area (Å²) in [7, 11) is -3.56. The molecule has 2 aliphatic heterocycles.